The zero-order valence-corrected chi connectivity index (χ0v) is 13.8. The highest BCUT2D eigenvalue weighted by Gasteiger charge is 2.20. The van der Waals surface area contributed by atoms with Gasteiger partial charge in [0.1, 0.15) is 0 Å². The molecule has 0 amide bonds. The number of hydrogen-bond donors (Lipinski definition) is 0. The van der Waals surface area contributed by atoms with Gasteiger partial charge in [0, 0.05) is 0 Å². The highest BCUT2D eigenvalue weighted by molar-refractivity contribution is 4.94. The highest BCUT2D eigenvalue weighted by Crippen LogP contribution is 2.34. The van der Waals surface area contributed by atoms with Crippen LogP contribution in [0.4, 0.5) is 0 Å². The van der Waals surface area contributed by atoms with E-state index < -0.39 is 0 Å². The van der Waals surface area contributed by atoms with Gasteiger partial charge in [-0.2, -0.15) is 0 Å². The predicted octanol–water partition coefficient (Wildman–Crippen LogP) is 6.70. The summed E-state index contributed by atoms with van der Waals surface area (Å²) in [5.74, 6) is 3.58. The maximum absolute atomic E-state index is 3.93. The molecule has 0 atom stereocenters. The summed E-state index contributed by atoms with van der Waals surface area (Å²) in [5, 5.41) is 0. The largest absolute Gasteiger partial charge is 0.103 e. The zero-order valence-electron chi connectivity index (χ0n) is 13.8. The fourth-order valence-corrected chi connectivity index (χ4v) is 4.19. The summed E-state index contributed by atoms with van der Waals surface area (Å²) in [7, 11) is 0. The molecule has 2 rings (SSSR count). The molecule has 0 unspecified atom stereocenters. The molecule has 0 nitrogen and oxygen atoms in total. The van der Waals surface area contributed by atoms with E-state index in [1.165, 1.54) is 70.6 Å². The molecule has 0 spiro atoms. The van der Waals surface area contributed by atoms with Gasteiger partial charge in [-0.25, -0.2) is 0 Å². The molecule has 0 bridgehead atoms. The van der Waals surface area contributed by atoms with Gasteiger partial charge in [-0.1, -0.05) is 37.1 Å². The minimum absolute atomic E-state index is 0.792. The summed E-state index contributed by atoms with van der Waals surface area (Å²) in [6.45, 7) is 7.80. The van der Waals surface area contributed by atoms with Crippen LogP contribution in [0.5, 0.6) is 0 Å². The normalized spacial score (nSPS) is 33.9. The lowest BCUT2D eigenvalue weighted by Crippen LogP contribution is -2.14. The molecular weight excluding hydrogens is 252 g/mol. The first kappa shape index (κ1) is 16.6. The molecule has 0 N–H and O–H groups in total. The Bertz CT molecular complexity index is 322. The first-order valence-corrected chi connectivity index (χ1v) is 9.22. The Morgan fingerprint density at radius 3 is 2.00 bits per heavy atom. The molecule has 0 heteroatoms. The van der Waals surface area contributed by atoms with Crippen molar-refractivity contribution in [2.45, 2.75) is 70.6 Å². The Balaban J connectivity index is 1.56. The van der Waals surface area contributed by atoms with Crippen LogP contribution in [0.25, 0.3) is 0 Å². The van der Waals surface area contributed by atoms with Gasteiger partial charge >= 0.3 is 0 Å². The van der Waals surface area contributed by atoms with E-state index in [0.29, 0.717) is 0 Å². The van der Waals surface area contributed by atoms with E-state index in [4.69, 9.17) is 0 Å². The first-order valence-electron chi connectivity index (χ1n) is 9.22. The monoisotopic (exact) mass is 286 g/mol. The predicted molar refractivity (Wildman–Crippen MR) is 94.3 cm³/mol. The maximum Gasteiger partial charge on any atom is -0.0233 e. The lowest BCUT2D eigenvalue weighted by Gasteiger charge is -2.27. The SMILES string of the molecule is C=CCC1CCC(CC/C=C/C2CCC(C=C)CC2)CC1. The first-order chi connectivity index (χ1) is 10.3. The lowest BCUT2D eigenvalue weighted by molar-refractivity contribution is 0.266. The topological polar surface area (TPSA) is 0 Å². The highest BCUT2D eigenvalue weighted by atomic mass is 14.3. The Hall–Kier alpha value is -0.780. The van der Waals surface area contributed by atoms with Crippen molar-refractivity contribution in [3.8, 4) is 0 Å². The summed E-state index contributed by atoms with van der Waals surface area (Å²) >= 11 is 0. The Morgan fingerprint density at radius 2 is 1.38 bits per heavy atom. The molecule has 0 aromatic heterocycles. The van der Waals surface area contributed by atoms with Crippen LogP contribution < -0.4 is 0 Å². The number of hydrogen-bond acceptors (Lipinski definition) is 0. The zero-order chi connectivity index (χ0) is 14.9. The van der Waals surface area contributed by atoms with Gasteiger partial charge < -0.3 is 0 Å². The van der Waals surface area contributed by atoms with Crippen LogP contribution in [0.15, 0.2) is 37.5 Å². The van der Waals surface area contributed by atoms with E-state index in [1.54, 1.807) is 0 Å². The van der Waals surface area contributed by atoms with Crippen LogP contribution in [0, 0.1) is 23.7 Å². The van der Waals surface area contributed by atoms with E-state index in [9.17, 15) is 0 Å². The van der Waals surface area contributed by atoms with Crippen LogP contribution in [-0.4, -0.2) is 0 Å². The van der Waals surface area contributed by atoms with Gasteiger partial charge in [-0.3, -0.25) is 0 Å². The minimum Gasteiger partial charge on any atom is -0.103 e. The fourth-order valence-electron chi connectivity index (χ4n) is 4.19. The minimum atomic E-state index is 0.792. The summed E-state index contributed by atoms with van der Waals surface area (Å²) < 4.78 is 0. The van der Waals surface area contributed by atoms with Crippen LogP contribution >= 0.6 is 0 Å². The van der Waals surface area contributed by atoms with Crippen molar-refractivity contribution < 1.29 is 0 Å². The molecule has 0 radical (unpaired) electrons. The van der Waals surface area contributed by atoms with Gasteiger partial charge in [0.25, 0.3) is 0 Å². The molecule has 0 saturated heterocycles. The molecule has 2 fully saturated rings. The molecule has 0 aromatic carbocycles. The average molecular weight is 287 g/mol. The third kappa shape index (κ3) is 5.85. The van der Waals surface area contributed by atoms with Gasteiger partial charge in [0.2, 0.25) is 0 Å². The molecule has 0 aliphatic heterocycles. The lowest BCUT2D eigenvalue weighted by atomic mass is 9.78. The van der Waals surface area contributed by atoms with E-state index >= 15 is 0 Å². The van der Waals surface area contributed by atoms with Crippen molar-refractivity contribution in [1.82, 2.24) is 0 Å². The van der Waals surface area contributed by atoms with Crippen molar-refractivity contribution >= 4 is 0 Å². The van der Waals surface area contributed by atoms with E-state index in [0.717, 1.165) is 23.7 Å². The van der Waals surface area contributed by atoms with Crippen LogP contribution in [0.3, 0.4) is 0 Å². The van der Waals surface area contributed by atoms with Crippen LogP contribution in [-0.2, 0) is 0 Å². The second-order valence-corrected chi connectivity index (χ2v) is 7.33. The van der Waals surface area contributed by atoms with E-state index in [-0.39, 0.29) is 0 Å². The van der Waals surface area contributed by atoms with Gasteiger partial charge in [-0.15, -0.1) is 13.2 Å². The van der Waals surface area contributed by atoms with Gasteiger partial charge in [0.15, 0.2) is 0 Å². The number of rotatable bonds is 7. The van der Waals surface area contributed by atoms with Crippen molar-refractivity contribution in [3.05, 3.63) is 37.5 Å². The van der Waals surface area contributed by atoms with Crippen molar-refractivity contribution in [3.63, 3.8) is 0 Å². The second-order valence-electron chi connectivity index (χ2n) is 7.33. The Labute approximate surface area is 132 Å². The molecule has 2 saturated carbocycles. The van der Waals surface area contributed by atoms with Crippen LogP contribution in [0.1, 0.15) is 70.6 Å². The smallest absolute Gasteiger partial charge is 0.0233 e. The second kappa shape index (κ2) is 9.28. The molecule has 21 heavy (non-hydrogen) atoms. The molecule has 118 valence electrons. The number of allylic oxidation sites excluding steroid dienone is 4. The fraction of sp³-hybridized carbons (Fsp3) is 0.714. The third-order valence-corrected chi connectivity index (χ3v) is 5.77. The molecule has 0 heterocycles. The van der Waals surface area contributed by atoms with Crippen molar-refractivity contribution in [1.29, 1.82) is 0 Å². The summed E-state index contributed by atoms with van der Waals surface area (Å²) in [4.78, 5) is 0. The van der Waals surface area contributed by atoms with Crippen molar-refractivity contribution in [2.24, 2.45) is 23.7 Å². The van der Waals surface area contributed by atoms with Gasteiger partial charge in [0.05, 0.1) is 0 Å². The standard InChI is InChI=1S/C21H34/c1-3-7-19-14-16-21(17-15-19)9-6-5-8-20-12-10-18(4-2)11-13-20/h3-5,8,18-21H,1-2,6-7,9-17H2/b8-5+. The maximum atomic E-state index is 3.93. The summed E-state index contributed by atoms with van der Waals surface area (Å²) in [6, 6.07) is 0. The Kier molecular flexibility index (Phi) is 7.33. The van der Waals surface area contributed by atoms with Crippen LogP contribution in [0.2, 0.25) is 0 Å². The molecular formula is C21H34. The molecule has 0 aromatic rings. The summed E-state index contributed by atoms with van der Waals surface area (Å²) in [6.07, 6.45) is 24.5. The van der Waals surface area contributed by atoms with Gasteiger partial charge in [-0.05, 0) is 81.5 Å². The molecule has 2 aliphatic carbocycles. The Morgan fingerprint density at radius 1 is 0.762 bits per heavy atom. The quantitative estimate of drug-likeness (QED) is 0.457. The van der Waals surface area contributed by atoms with Crippen molar-refractivity contribution in [2.75, 3.05) is 0 Å². The average Bonchev–Trinajstić information content (AvgIpc) is 2.54. The molecule has 2 aliphatic rings. The third-order valence-electron chi connectivity index (χ3n) is 5.77. The van der Waals surface area contributed by atoms with E-state index in [1.807, 2.05) is 0 Å². The summed E-state index contributed by atoms with van der Waals surface area (Å²) in [5.41, 5.74) is 0. The van der Waals surface area contributed by atoms with E-state index in [2.05, 4.69) is 37.5 Å².